The third-order valence-electron chi connectivity index (χ3n) is 17.0. The van der Waals surface area contributed by atoms with Gasteiger partial charge >= 0.3 is 0 Å². The lowest BCUT2D eigenvalue weighted by molar-refractivity contribution is 0.463. The van der Waals surface area contributed by atoms with Gasteiger partial charge in [0.2, 0.25) is 0 Å². The Morgan fingerprint density at radius 1 is 0.282 bits per heavy atom. The molecule has 0 aromatic heterocycles. The molecular formula is C72H60B2O4. The zero-order valence-electron chi connectivity index (χ0n) is 45.4. The topological polar surface area (TPSA) is 36.9 Å². The molecule has 0 N–H and O–H groups in total. The van der Waals surface area contributed by atoms with Crippen LogP contribution in [0.15, 0.2) is 200 Å². The van der Waals surface area contributed by atoms with E-state index >= 15 is 0 Å². The van der Waals surface area contributed by atoms with Gasteiger partial charge in [-0.05, 0) is 173 Å². The van der Waals surface area contributed by atoms with Crippen LogP contribution >= 0.6 is 0 Å². The lowest BCUT2D eigenvalue weighted by atomic mass is 9.34. The standard InChI is InChI=1S/C72H60B2O4/c1-42(2)47-11-19-51(20-12-47)55-29-33-63-61(38-55)74-62-39-56(30-34-64(62)76-66-10-8-9-65(75-63)71(66)74)52-25-17-50(18-26-52)45(7)35-46-36-69-72-70(37-46)78-68-41-58(54-23-15-49(16-24-54)44(5)6)28-32-60(68)73(72)59-31-27-57(40-67(59)77-69)53-21-13-48(14-22-53)43(3)4/h8-34,36-45H,35H2,1-7H3. The van der Waals surface area contributed by atoms with Gasteiger partial charge < -0.3 is 18.9 Å². The van der Waals surface area contributed by atoms with Gasteiger partial charge in [0.1, 0.15) is 46.0 Å². The number of rotatable bonds is 10. The smallest absolute Gasteiger partial charge is 0.260 e. The largest absolute Gasteiger partial charge is 0.458 e. The molecule has 0 radical (unpaired) electrons. The molecule has 1 atom stereocenters. The van der Waals surface area contributed by atoms with Crippen molar-refractivity contribution in [3.05, 3.63) is 228 Å². The lowest BCUT2D eigenvalue weighted by Gasteiger charge is -2.34. The van der Waals surface area contributed by atoms with Crippen LogP contribution in [0, 0.1) is 0 Å². The highest BCUT2D eigenvalue weighted by molar-refractivity contribution is 6.99. The molecule has 6 heteroatoms. The molecule has 0 saturated heterocycles. The van der Waals surface area contributed by atoms with Crippen LogP contribution in [0.4, 0.5) is 0 Å². The first kappa shape index (κ1) is 47.9. The highest BCUT2D eigenvalue weighted by atomic mass is 16.5. The Morgan fingerprint density at radius 2 is 0.615 bits per heavy atom. The van der Waals surface area contributed by atoms with Crippen molar-refractivity contribution >= 4 is 46.2 Å². The summed E-state index contributed by atoms with van der Waals surface area (Å²) in [6.07, 6.45) is 0.812. The van der Waals surface area contributed by atoms with Crippen molar-refractivity contribution in [2.45, 2.75) is 78.6 Å². The normalized spacial score (nSPS) is 13.5. The molecule has 4 nitrogen and oxygen atoms in total. The zero-order chi connectivity index (χ0) is 52.9. The Bertz CT molecular complexity index is 3850. The first-order valence-corrected chi connectivity index (χ1v) is 28.0. The maximum atomic E-state index is 7.02. The molecule has 1 unspecified atom stereocenters. The molecule has 10 aromatic rings. The van der Waals surface area contributed by atoms with Crippen LogP contribution in [-0.4, -0.2) is 13.4 Å². The summed E-state index contributed by atoms with van der Waals surface area (Å²) in [7, 11) is 0. The molecule has 10 aromatic carbocycles. The highest BCUT2D eigenvalue weighted by Crippen LogP contribution is 2.41. The first-order valence-electron chi connectivity index (χ1n) is 28.0. The Kier molecular flexibility index (Phi) is 11.6. The summed E-state index contributed by atoms with van der Waals surface area (Å²) >= 11 is 0. The Balaban J connectivity index is 0.774. The Morgan fingerprint density at radius 3 is 1.03 bits per heavy atom. The third-order valence-corrected chi connectivity index (χ3v) is 17.0. The van der Waals surface area contributed by atoms with Crippen LogP contribution < -0.4 is 51.7 Å². The van der Waals surface area contributed by atoms with Crippen molar-refractivity contribution < 1.29 is 18.9 Å². The summed E-state index contributed by atoms with van der Waals surface area (Å²) in [5, 5.41) is 0. The summed E-state index contributed by atoms with van der Waals surface area (Å²) in [5.74, 6) is 8.61. The zero-order valence-corrected chi connectivity index (χ0v) is 45.4. The third kappa shape index (κ3) is 8.32. The fourth-order valence-corrected chi connectivity index (χ4v) is 12.5. The Hall–Kier alpha value is -8.47. The van der Waals surface area contributed by atoms with Gasteiger partial charge in [-0.2, -0.15) is 0 Å². The van der Waals surface area contributed by atoms with Gasteiger partial charge in [0.25, 0.3) is 13.4 Å². The number of hydrogen-bond donors (Lipinski definition) is 0. The van der Waals surface area contributed by atoms with Crippen molar-refractivity contribution in [2.75, 3.05) is 0 Å². The molecule has 14 rings (SSSR count). The van der Waals surface area contributed by atoms with Crippen molar-refractivity contribution in [1.29, 1.82) is 0 Å². The van der Waals surface area contributed by atoms with Crippen LogP contribution in [0.25, 0.3) is 44.5 Å². The van der Waals surface area contributed by atoms with Crippen molar-refractivity contribution in [2.24, 2.45) is 0 Å². The van der Waals surface area contributed by atoms with Crippen LogP contribution in [0.2, 0.25) is 0 Å². The number of ether oxygens (including phenoxy) is 4. The molecule has 378 valence electrons. The van der Waals surface area contributed by atoms with Gasteiger partial charge in [0.05, 0.1) is 0 Å². The predicted molar refractivity (Wildman–Crippen MR) is 324 cm³/mol. The van der Waals surface area contributed by atoms with Gasteiger partial charge in [0, 0.05) is 10.9 Å². The molecule has 78 heavy (non-hydrogen) atoms. The maximum Gasteiger partial charge on any atom is 0.260 e. The van der Waals surface area contributed by atoms with Gasteiger partial charge in [-0.25, -0.2) is 0 Å². The van der Waals surface area contributed by atoms with E-state index in [1.54, 1.807) is 0 Å². The summed E-state index contributed by atoms with van der Waals surface area (Å²) in [6, 6.07) is 73.5. The molecule has 4 aliphatic rings. The second kappa shape index (κ2) is 18.9. The molecule has 0 fully saturated rings. The minimum Gasteiger partial charge on any atom is -0.458 e. The number of hydrogen-bond acceptors (Lipinski definition) is 4. The van der Waals surface area contributed by atoms with Gasteiger partial charge in [-0.15, -0.1) is 0 Å². The van der Waals surface area contributed by atoms with Crippen LogP contribution in [0.1, 0.15) is 100.0 Å². The van der Waals surface area contributed by atoms with E-state index in [-0.39, 0.29) is 19.3 Å². The molecular weight excluding hydrogens is 950 g/mol. The lowest BCUT2D eigenvalue weighted by Crippen LogP contribution is -2.57. The fraction of sp³-hybridized carbons (Fsp3) is 0.167. The van der Waals surface area contributed by atoms with Crippen molar-refractivity contribution in [3.8, 4) is 90.5 Å². The van der Waals surface area contributed by atoms with E-state index in [0.29, 0.717) is 17.8 Å². The van der Waals surface area contributed by atoms with Crippen LogP contribution in [0.3, 0.4) is 0 Å². The van der Waals surface area contributed by atoms with Gasteiger partial charge in [-0.3, -0.25) is 0 Å². The first-order chi connectivity index (χ1) is 38.0. The van der Waals surface area contributed by atoms with Crippen LogP contribution in [-0.2, 0) is 6.42 Å². The quantitative estimate of drug-likeness (QED) is 0.128. The molecule has 0 bridgehead atoms. The minimum absolute atomic E-state index is 0.0330. The van der Waals surface area contributed by atoms with Gasteiger partial charge in [-0.1, -0.05) is 200 Å². The van der Waals surface area contributed by atoms with Gasteiger partial charge in [0.15, 0.2) is 0 Å². The summed E-state index contributed by atoms with van der Waals surface area (Å²) in [5.41, 5.74) is 22.5. The molecule has 4 aliphatic heterocycles. The van der Waals surface area contributed by atoms with E-state index in [4.69, 9.17) is 18.9 Å². The van der Waals surface area contributed by atoms with E-state index in [1.165, 1.54) is 50.1 Å². The van der Waals surface area contributed by atoms with Crippen molar-refractivity contribution in [3.63, 3.8) is 0 Å². The fourth-order valence-electron chi connectivity index (χ4n) is 12.5. The Labute approximate surface area is 459 Å². The second-order valence-corrected chi connectivity index (χ2v) is 23.0. The summed E-state index contributed by atoms with van der Waals surface area (Å²) < 4.78 is 27.3. The maximum absolute atomic E-state index is 7.02. The minimum atomic E-state index is -0.0436. The molecule has 0 spiro atoms. The predicted octanol–water partition coefficient (Wildman–Crippen LogP) is 15.5. The number of benzene rings is 10. The average molecular weight is 1010 g/mol. The van der Waals surface area contributed by atoms with E-state index < -0.39 is 0 Å². The van der Waals surface area contributed by atoms with E-state index in [2.05, 4.69) is 243 Å². The van der Waals surface area contributed by atoms with Crippen LogP contribution in [0.5, 0.6) is 46.0 Å². The second-order valence-electron chi connectivity index (χ2n) is 23.0. The molecule has 4 heterocycles. The van der Waals surface area contributed by atoms with Crippen molar-refractivity contribution in [1.82, 2.24) is 0 Å². The molecule has 0 amide bonds. The SMILES string of the molecule is CC(C)c1ccc(-c2ccc3c(c2)Oc2cc(CC(C)c4ccc(-c5ccc6c(c5)B5c7cc(-c8ccc(C(C)C)cc8)ccc7Oc7cccc(c75)O6)cc4)cc4c2B3c2ccc(-c3ccc(C(C)C)cc3)cc2O4)cc1. The van der Waals surface area contributed by atoms with E-state index in [1.807, 2.05) is 6.07 Å². The highest BCUT2D eigenvalue weighted by Gasteiger charge is 2.42. The summed E-state index contributed by atoms with van der Waals surface area (Å²) in [6.45, 7) is 15.7. The molecule has 0 aliphatic carbocycles. The number of fused-ring (bicyclic) bond motifs is 8. The monoisotopic (exact) mass is 1010 g/mol. The van der Waals surface area contributed by atoms with E-state index in [0.717, 1.165) is 107 Å². The van der Waals surface area contributed by atoms with E-state index in [9.17, 15) is 0 Å². The summed E-state index contributed by atoms with van der Waals surface area (Å²) in [4.78, 5) is 0. The average Bonchev–Trinajstić information content (AvgIpc) is 3.59. The molecule has 0 saturated carbocycles.